The second kappa shape index (κ2) is 7.50. The van der Waals surface area contributed by atoms with Gasteiger partial charge in [-0.25, -0.2) is 15.4 Å². The molecule has 0 aromatic carbocycles. The van der Waals surface area contributed by atoms with Crippen molar-refractivity contribution in [1.29, 1.82) is 0 Å². The molecule has 1 saturated heterocycles. The van der Waals surface area contributed by atoms with E-state index in [2.05, 4.69) is 10.5 Å². The molecule has 2 aliphatic rings. The van der Waals surface area contributed by atoms with Crippen LogP contribution in [0.4, 0.5) is 5.82 Å². The first-order valence-electron chi connectivity index (χ1n) is 9.57. The van der Waals surface area contributed by atoms with E-state index in [0.29, 0.717) is 18.3 Å². The third-order valence-corrected chi connectivity index (χ3v) is 6.43. The molecule has 1 aliphatic heterocycles. The first-order chi connectivity index (χ1) is 13.4. The number of aryl methyl sites for hydroxylation is 2. The molecule has 0 spiro atoms. The predicted octanol–water partition coefficient (Wildman–Crippen LogP) is 4.01. The molecule has 1 aliphatic carbocycles. The lowest BCUT2D eigenvalue weighted by atomic mass is 9.97. The van der Waals surface area contributed by atoms with Gasteiger partial charge in [0.15, 0.2) is 11.6 Å². The van der Waals surface area contributed by atoms with Crippen molar-refractivity contribution in [2.75, 3.05) is 25.3 Å². The van der Waals surface area contributed by atoms with Crippen LogP contribution in [0.1, 0.15) is 29.7 Å². The van der Waals surface area contributed by atoms with Crippen molar-refractivity contribution < 1.29 is 9.57 Å². The predicted molar refractivity (Wildman–Crippen MR) is 106 cm³/mol. The maximum atomic E-state index is 5.83. The van der Waals surface area contributed by atoms with Crippen LogP contribution in [0.5, 0.6) is 0 Å². The lowest BCUT2D eigenvalue weighted by Crippen LogP contribution is -2.14. The number of hydrogen-bond donors (Lipinski definition) is 1. The summed E-state index contributed by atoms with van der Waals surface area (Å²) >= 11 is 1.79. The number of ether oxygens (including phenoxy) is 1. The Kier molecular flexibility index (Phi) is 4.73. The van der Waals surface area contributed by atoms with E-state index in [-0.39, 0.29) is 0 Å². The highest BCUT2D eigenvalue weighted by atomic mass is 32.1. The van der Waals surface area contributed by atoms with E-state index in [0.717, 1.165) is 54.1 Å². The molecule has 3 aromatic rings. The third-order valence-electron chi connectivity index (χ3n) is 5.25. The zero-order valence-corrected chi connectivity index (χ0v) is 15.9. The topological polar surface area (TPSA) is 69.2 Å². The fraction of sp³-hybridized carbons (Fsp3) is 0.450. The summed E-state index contributed by atoms with van der Waals surface area (Å²) in [6.45, 7) is 2.23. The molecule has 3 aromatic heterocycles. The maximum Gasteiger partial charge on any atom is 0.164 e. The summed E-state index contributed by atoms with van der Waals surface area (Å²) in [6, 6.07) is 3.90. The van der Waals surface area contributed by atoms with Gasteiger partial charge in [-0.2, -0.15) is 0 Å². The summed E-state index contributed by atoms with van der Waals surface area (Å²) in [5.41, 5.74) is 5.45. The molecule has 140 valence electrons. The molecular formula is C20H22N4O2S. The van der Waals surface area contributed by atoms with Gasteiger partial charge in [0.2, 0.25) is 0 Å². The van der Waals surface area contributed by atoms with Crippen LogP contribution in [0.15, 0.2) is 24.5 Å². The minimum absolute atomic E-state index is 0.448. The van der Waals surface area contributed by atoms with Crippen LogP contribution >= 0.6 is 11.3 Å². The first-order valence-corrected chi connectivity index (χ1v) is 10.4. The van der Waals surface area contributed by atoms with Crippen LogP contribution in [0.2, 0.25) is 0 Å². The number of nitrogens with zero attached hydrogens (tertiary/aromatic N) is 3. The average molecular weight is 382 g/mol. The van der Waals surface area contributed by atoms with Crippen molar-refractivity contribution in [2.45, 2.75) is 32.1 Å². The quantitative estimate of drug-likeness (QED) is 0.673. The number of nitrogens with one attached hydrogen (secondary N) is 1. The van der Waals surface area contributed by atoms with Gasteiger partial charge in [-0.3, -0.25) is 9.82 Å². The molecular weight excluding hydrogens is 360 g/mol. The molecule has 5 rings (SSSR count). The summed E-state index contributed by atoms with van der Waals surface area (Å²) in [6.07, 6.45) is 9.32. The Hall–Kier alpha value is -2.09. The molecule has 0 radical (unpaired) electrons. The Balaban J connectivity index is 1.51. The van der Waals surface area contributed by atoms with Crippen LogP contribution in [-0.2, 0) is 22.4 Å². The second-order valence-electron chi connectivity index (χ2n) is 7.17. The van der Waals surface area contributed by atoms with Crippen molar-refractivity contribution in [1.82, 2.24) is 15.0 Å². The number of pyridine rings is 1. The normalized spacial score (nSPS) is 19.3. The zero-order valence-electron chi connectivity index (χ0n) is 15.1. The van der Waals surface area contributed by atoms with Gasteiger partial charge in [-0.05, 0) is 49.8 Å². The van der Waals surface area contributed by atoms with Gasteiger partial charge in [0.05, 0.1) is 18.6 Å². The summed E-state index contributed by atoms with van der Waals surface area (Å²) in [4.78, 5) is 22.2. The fourth-order valence-corrected chi connectivity index (χ4v) is 5.06. The Morgan fingerprint density at radius 2 is 2.22 bits per heavy atom. The smallest absolute Gasteiger partial charge is 0.164 e. The number of anilines is 1. The summed E-state index contributed by atoms with van der Waals surface area (Å²) in [5.74, 6) is 1.91. The average Bonchev–Trinajstić information content (AvgIpc) is 3.36. The largest absolute Gasteiger partial charge is 0.381 e. The number of fused-ring (bicyclic) bond motifs is 3. The zero-order chi connectivity index (χ0) is 18.1. The van der Waals surface area contributed by atoms with Crippen LogP contribution < -0.4 is 5.48 Å². The molecule has 1 N–H and O–H groups in total. The van der Waals surface area contributed by atoms with Crippen molar-refractivity contribution in [3.63, 3.8) is 0 Å². The minimum atomic E-state index is 0.448. The number of hydrogen-bond acceptors (Lipinski definition) is 7. The molecule has 1 fully saturated rings. The van der Waals surface area contributed by atoms with E-state index in [4.69, 9.17) is 19.5 Å². The number of thiophene rings is 1. The Labute approximate surface area is 161 Å². The fourth-order valence-electron chi connectivity index (χ4n) is 3.80. The van der Waals surface area contributed by atoms with E-state index >= 15 is 0 Å². The van der Waals surface area contributed by atoms with Gasteiger partial charge in [-0.1, -0.05) is 0 Å². The van der Waals surface area contributed by atoms with E-state index in [9.17, 15) is 0 Å². The van der Waals surface area contributed by atoms with Gasteiger partial charge in [-0.15, -0.1) is 11.3 Å². The molecule has 0 amide bonds. The maximum absolute atomic E-state index is 5.83. The highest BCUT2D eigenvalue weighted by Crippen LogP contribution is 2.39. The Bertz CT molecular complexity index is 938. The minimum Gasteiger partial charge on any atom is -0.381 e. The second-order valence-corrected chi connectivity index (χ2v) is 8.25. The molecule has 0 bridgehead atoms. The van der Waals surface area contributed by atoms with Crippen LogP contribution in [0, 0.1) is 5.92 Å². The molecule has 4 heterocycles. The number of aromatic nitrogens is 3. The molecule has 0 saturated carbocycles. The lowest BCUT2D eigenvalue weighted by Gasteiger charge is -2.14. The molecule has 6 nitrogen and oxygen atoms in total. The van der Waals surface area contributed by atoms with Gasteiger partial charge in [0.1, 0.15) is 4.83 Å². The van der Waals surface area contributed by atoms with Crippen LogP contribution in [0.25, 0.3) is 21.6 Å². The monoisotopic (exact) mass is 382 g/mol. The lowest BCUT2D eigenvalue weighted by molar-refractivity contribution is 0.126. The standard InChI is InChI=1S/C20H22N4O2S/c1-2-6-16-15(5-1)17-19(24-26-12-13-7-9-25-11-13)22-18(23-20(17)27-16)14-4-3-8-21-10-14/h3-4,8,10,13H,1-2,5-7,9,11-12H2,(H,22,23,24). The van der Waals surface area contributed by atoms with E-state index in [1.807, 2.05) is 12.1 Å². The molecule has 27 heavy (non-hydrogen) atoms. The third kappa shape index (κ3) is 3.42. The van der Waals surface area contributed by atoms with E-state index < -0.39 is 0 Å². The van der Waals surface area contributed by atoms with E-state index in [1.165, 1.54) is 23.3 Å². The van der Waals surface area contributed by atoms with Crippen LogP contribution in [0.3, 0.4) is 0 Å². The van der Waals surface area contributed by atoms with Gasteiger partial charge in [0.25, 0.3) is 0 Å². The first kappa shape index (κ1) is 17.0. The number of rotatable bonds is 5. The van der Waals surface area contributed by atoms with Gasteiger partial charge < -0.3 is 4.74 Å². The van der Waals surface area contributed by atoms with Crippen molar-refractivity contribution >= 4 is 27.4 Å². The Morgan fingerprint density at radius 3 is 3.07 bits per heavy atom. The summed E-state index contributed by atoms with van der Waals surface area (Å²) in [7, 11) is 0. The van der Waals surface area contributed by atoms with Crippen molar-refractivity contribution in [3.8, 4) is 11.4 Å². The highest BCUT2D eigenvalue weighted by Gasteiger charge is 2.22. The Morgan fingerprint density at radius 1 is 1.26 bits per heavy atom. The van der Waals surface area contributed by atoms with Crippen molar-refractivity contribution in [3.05, 3.63) is 35.0 Å². The molecule has 7 heteroatoms. The van der Waals surface area contributed by atoms with Crippen LogP contribution in [-0.4, -0.2) is 34.8 Å². The van der Waals surface area contributed by atoms with Gasteiger partial charge >= 0.3 is 0 Å². The summed E-state index contributed by atoms with van der Waals surface area (Å²) in [5, 5.41) is 1.13. The van der Waals surface area contributed by atoms with Gasteiger partial charge in [0, 0.05) is 35.4 Å². The summed E-state index contributed by atoms with van der Waals surface area (Å²) < 4.78 is 5.43. The SMILES string of the molecule is c1cncc(-c2nc(NOCC3CCOC3)c3c4c(sc3n2)CCCC4)c1. The molecule has 1 unspecified atom stereocenters. The van der Waals surface area contributed by atoms with E-state index in [1.54, 1.807) is 23.7 Å². The highest BCUT2D eigenvalue weighted by molar-refractivity contribution is 7.19. The van der Waals surface area contributed by atoms with Crippen molar-refractivity contribution in [2.24, 2.45) is 5.92 Å². The molecule has 1 atom stereocenters.